The molecule has 27 heavy (non-hydrogen) atoms. The topological polar surface area (TPSA) is 77.0 Å². The number of carbonyl (C=O) groups excluding carboxylic acids is 1. The summed E-state index contributed by atoms with van der Waals surface area (Å²) >= 11 is 0. The Labute approximate surface area is 156 Å². The van der Waals surface area contributed by atoms with Gasteiger partial charge in [0.1, 0.15) is 17.1 Å². The smallest absolute Gasteiger partial charge is 0.222 e. The Morgan fingerprint density at radius 3 is 3.00 bits per heavy atom. The molecule has 1 fully saturated rings. The third-order valence-electron chi connectivity index (χ3n) is 5.30. The number of amides is 1. The molecule has 1 aliphatic heterocycles. The second-order valence-corrected chi connectivity index (χ2v) is 7.11. The summed E-state index contributed by atoms with van der Waals surface area (Å²) in [4.78, 5) is 14.6. The van der Waals surface area contributed by atoms with Crippen molar-refractivity contribution >= 4 is 16.9 Å². The maximum atomic E-state index is 13.4. The fourth-order valence-electron chi connectivity index (χ4n) is 3.81. The minimum atomic E-state index is -0.325. The van der Waals surface area contributed by atoms with Crippen LogP contribution < -0.4 is 0 Å². The van der Waals surface area contributed by atoms with Gasteiger partial charge in [-0.2, -0.15) is 0 Å². The lowest BCUT2D eigenvalue weighted by Crippen LogP contribution is -2.41. The van der Waals surface area contributed by atoms with E-state index in [1.807, 2.05) is 23.4 Å². The number of nitrogens with zero attached hydrogens (tertiary/aromatic N) is 5. The molecule has 1 aromatic carbocycles. The minimum absolute atomic E-state index is 0.0530. The number of aryl methyl sites for hydroxylation is 2. The zero-order chi connectivity index (χ0) is 19.0. The molecule has 0 bridgehead atoms. The maximum Gasteiger partial charge on any atom is 0.222 e. The number of rotatable bonds is 4. The van der Waals surface area contributed by atoms with Gasteiger partial charge in [0.25, 0.3) is 0 Å². The number of piperidine rings is 1. The van der Waals surface area contributed by atoms with Crippen LogP contribution in [0.5, 0.6) is 0 Å². The van der Waals surface area contributed by atoms with Crippen molar-refractivity contribution in [2.24, 2.45) is 0 Å². The Morgan fingerprint density at radius 1 is 1.37 bits per heavy atom. The van der Waals surface area contributed by atoms with Crippen molar-refractivity contribution in [3.05, 3.63) is 41.0 Å². The first-order valence-corrected chi connectivity index (χ1v) is 9.23. The molecular weight excluding hydrogens is 349 g/mol. The molecule has 0 N–H and O–H groups in total. The number of aromatic nitrogens is 4. The van der Waals surface area contributed by atoms with E-state index >= 15 is 0 Å². The number of hydrogen-bond acceptors (Lipinski definition) is 5. The Balaban J connectivity index is 1.45. The van der Waals surface area contributed by atoms with E-state index in [4.69, 9.17) is 4.52 Å². The summed E-state index contributed by atoms with van der Waals surface area (Å²) in [6, 6.07) is 4.55. The lowest BCUT2D eigenvalue weighted by Gasteiger charge is -2.33. The van der Waals surface area contributed by atoms with Gasteiger partial charge in [-0.15, -0.1) is 5.10 Å². The molecule has 3 aromatic rings. The predicted molar refractivity (Wildman–Crippen MR) is 96.6 cm³/mol. The molecule has 1 saturated heterocycles. The van der Waals surface area contributed by atoms with Gasteiger partial charge in [0.2, 0.25) is 5.91 Å². The molecule has 1 aliphatic rings. The van der Waals surface area contributed by atoms with Crippen molar-refractivity contribution in [2.75, 3.05) is 13.1 Å². The van der Waals surface area contributed by atoms with E-state index in [9.17, 15) is 9.18 Å². The Bertz CT molecular complexity index is 960. The average Bonchev–Trinajstić information content (AvgIpc) is 3.22. The number of carbonyl (C=O) groups is 1. The van der Waals surface area contributed by atoms with Crippen LogP contribution >= 0.6 is 0 Å². The third-order valence-corrected chi connectivity index (χ3v) is 5.30. The number of likely N-dealkylation sites (tertiary alicyclic amines) is 1. The third kappa shape index (κ3) is 3.43. The van der Waals surface area contributed by atoms with Crippen LogP contribution in [0, 0.1) is 19.7 Å². The van der Waals surface area contributed by atoms with E-state index in [1.54, 1.807) is 6.07 Å². The molecule has 0 unspecified atom stereocenters. The number of fused-ring (bicyclic) bond motifs is 1. The summed E-state index contributed by atoms with van der Waals surface area (Å²) in [5.74, 6) is 0.572. The first-order chi connectivity index (χ1) is 13.0. The van der Waals surface area contributed by atoms with Crippen molar-refractivity contribution in [2.45, 2.75) is 45.6 Å². The van der Waals surface area contributed by atoms with Crippen molar-refractivity contribution in [1.29, 1.82) is 0 Å². The molecule has 1 amide bonds. The molecule has 8 heteroatoms. The number of benzene rings is 1. The average molecular weight is 371 g/mol. The lowest BCUT2D eigenvalue weighted by molar-refractivity contribution is -0.132. The van der Waals surface area contributed by atoms with Crippen LogP contribution in [0.25, 0.3) is 11.0 Å². The molecule has 4 rings (SSSR count). The van der Waals surface area contributed by atoms with Crippen LogP contribution in [0.2, 0.25) is 0 Å². The first kappa shape index (κ1) is 17.6. The first-order valence-electron chi connectivity index (χ1n) is 9.23. The van der Waals surface area contributed by atoms with Gasteiger partial charge in [-0.05, 0) is 45.2 Å². The van der Waals surface area contributed by atoms with E-state index in [0.717, 1.165) is 41.9 Å². The van der Waals surface area contributed by atoms with E-state index < -0.39 is 0 Å². The highest BCUT2D eigenvalue weighted by Crippen LogP contribution is 2.25. The molecule has 142 valence electrons. The number of hydrogen-bond donors (Lipinski definition) is 0. The molecule has 2 aromatic heterocycles. The molecule has 0 aliphatic carbocycles. The van der Waals surface area contributed by atoms with Gasteiger partial charge in [-0.1, -0.05) is 10.4 Å². The van der Waals surface area contributed by atoms with Crippen molar-refractivity contribution in [3.8, 4) is 0 Å². The molecular formula is C19H22FN5O2. The van der Waals surface area contributed by atoms with Crippen LogP contribution in [-0.4, -0.2) is 44.0 Å². The lowest BCUT2D eigenvalue weighted by atomic mass is 10.0. The maximum absolute atomic E-state index is 13.4. The van der Waals surface area contributed by atoms with Crippen LogP contribution in [0.4, 0.5) is 4.39 Å². The van der Waals surface area contributed by atoms with Gasteiger partial charge in [0.15, 0.2) is 0 Å². The van der Waals surface area contributed by atoms with Crippen molar-refractivity contribution in [1.82, 2.24) is 25.1 Å². The van der Waals surface area contributed by atoms with Crippen LogP contribution in [-0.2, 0) is 11.2 Å². The zero-order valence-electron chi connectivity index (χ0n) is 15.5. The molecule has 0 spiro atoms. The van der Waals surface area contributed by atoms with E-state index in [2.05, 4.69) is 15.5 Å². The summed E-state index contributed by atoms with van der Waals surface area (Å²) in [7, 11) is 0. The fourth-order valence-corrected chi connectivity index (χ4v) is 3.81. The summed E-state index contributed by atoms with van der Waals surface area (Å²) in [6.45, 7) is 5.11. The molecule has 1 atom stereocenters. The van der Waals surface area contributed by atoms with Crippen molar-refractivity contribution < 1.29 is 13.7 Å². The standard InChI is InChI=1S/C19H22FN5O2/c1-12-16(13(2)27-22-12)6-8-19(26)24-9-3-4-15(11-24)25-18-7-5-14(20)10-17(18)21-23-25/h5,7,10,15H,3-4,6,8-9,11H2,1-2H3/t15-/m0/s1. The predicted octanol–water partition coefficient (Wildman–Crippen LogP) is 2.97. The van der Waals surface area contributed by atoms with E-state index in [0.29, 0.717) is 24.9 Å². The highest BCUT2D eigenvalue weighted by atomic mass is 19.1. The quantitative estimate of drug-likeness (QED) is 0.705. The largest absolute Gasteiger partial charge is 0.361 e. The summed E-state index contributed by atoms with van der Waals surface area (Å²) in [5, 5.41) is 12.2. The van der Waals surface area contributed by atoms with Gasteiger partial charge < -0.3 is 9.42 Å². The van der Waals surface area contributed by atoms with E-state index in [1.165, 1.54) is 12.1 Å². The van der Waals surface area contributed by atoms with Gasteiger partial charge in [-0.25, -0.2) is 9.07 Å². The summed E-state index contributed by atoms with van der Waals surface area (Å²) in [6.07, 6.45) is 2.89. The summed E-state index contributed by atoms with van der Waals surface area (Å²) < 4.78 is 20.4. The molecule has 7 nitrogen and oxygen atoms in total. The Hall–Kier alpha value is -2.77. The summed E-state index contributed by atoms with van der Waals surface area (Å²) in [5.41, 5.74) is 3.20. The van der Waals surface area contributed by atoms with Gasteiger partial charge in [0.05, 0.1) is 17.3 Å². The zero-order valence-corrected chi connectivity index (χ0v) is 15.5. The van der Waals surface area contributed by atoms with Gasteiger partial charge in [0, 0.05) is 31.1 Å². The second kappa shape index (κ2) is 7.09. The van der Waals surface area contributed by atoms with Crippen molar-refractivity contribution in [3.63, 3.8) is 0 Å². The fraction of sp³-hybridized carbons (Fsp3) is 0.474. The molecule has 0 saturated carbocycles. The normalized spacial score (nSPS) is 17.6. The molecule has 0 radical (unpaired) electrons. The highest BCUT2D eigenvalue weighted by molar-refractivity contribution is 5.77. The minimum Gasteiger partial charge on any atom is -0.361 e. The van der Waals surface area contributed by atoms with Gasteiger partial charge >= 0.3 is 0 Å². The van der Waals surface area contributed by atoms with Crippen LogP contribution in [0.1, 0.15) is 42.3 Å². The Kier molecular flexibility index (Phi) is 4.63. The Morgan fingerprint density at radius 2 is 2.22 bits per heavy atom. The second-order valence-electron chi connectivity index (χ2n) is 7.11. The SMILES string of the molecule is Cc1noc(C)c1CCC(=O)N1CCC[C@H](n2nnc3cc(F)ccc32)C1. The van der Waals surface area contributed by atoms with Gasteiger partial charge in [-0.3, -0.25) is 4.79 Å². The monoisotopic (exact) mass is 371 g/mol. The van der Waals surface area contributed by atoms with Crippen LogP contribution in [0.15, 0.2) is 22.7 Å². The van der Waals surface area contributed by atoms with E-state index in [-0.39, 0.29) is 17.8 Å². The molecule has 3 heterocycles. The van der Waals surface area contributed by atoms with Crippen LogP contribution in [0.3, 0.4) is 0 Å². The number of halogens is 1. The highest BCUT2D eigenvalue weighted by Gasteiger charge is 2.27.